The van der Waals surface area contributed by atoms with Gasteiger partial charge in [-0.3, -0.25) is 9.59 Å². The summed E-state index contributed by atoms with van der Waals surface area (Å²) >= 11 is 0. The Labute approximate surface area is 177 Å². The molecular weight excluding hydrogens is 402 g/mol. The van der Waals surface area contributed by atoms with Gasteiger partial charge in [0.15, 0.2) is 0 Å². The zero-order valence-corrected chi connectivity index (χ0v) is 18.5. The number of sulfonamides is 1. The van der Waals surface area contributed by atoms with Gasteiger partial charge in [0.2, 0.25) is 21.8 Å². The van der Waals surface area contributed by atoms with Crippen LogP contribution < -0.4 is 10.2 Å². The molecule has 1 N–H and O–H groups in total. The van der Waals surface area contributed by atoms with Crippen LogP contribution in [0.2, 0.25) is 0 Å². The maximum atomic E-state index is 13.0. The molecule has 7 nitrogen and oxygen atoms in total. The molecule has 0 atom stereocenters. The summed E-state index contributed by atoms with van der Waals surface area (Å²) in [5, 5.41) is 2.78. The number of likely N-dealkylation sites (N-methyl/N-ethyl adjacent to an activating group) is 1. The van der Waals surface area contributed by atoms with Gasteiger partial charge < -0.3 is 10.2 Å². The number of anilines is 2. The van der Waals surface area contributed by atoms with Crippen molar-refractivity contribution in [1.82, 2.24) is 4.31 Å². The molecule has 1 aliphatic heterocycles. The van der Waals surface area contributed by atoms with Gasteiger partial charge in [-0.25, -0.2) is 8.42 Å². The first-order valence-corrected chi connectivity index (χ1v) is 11.3. The van der Waals surface area contributed by atoms with Crippen LogP contribution in [0, 0.1) is 20.8 Å². The van der Waals surface area contributed by atoms with Gasteiger partial charge in [-0.15, -0.1) is 0 Å². The normalized spacial score (nSPS) is 14.4. The summed E-state index contributed by atoms with van der Waals surface area (Å²) in [6.07, 6.45) is 1.31. The molecule has 2 amide bonds. The minimum Gasteiger partial charge on any atom is -0.325 e. The summed E-state index contributed by atoms with van der Waals surface area (Å²) in [5.41, 5.74) is 3.89. The fourth-order valence-electron chi connectivity index (χ4n) is 3.54. The smallest absolute Gasteiger partial charge is 0.243 e. The van der Waals surface area contributed by atoms with Gasteiger partial charge in [0.25, 0.3) is 0 Å². The molecule has 0 aliphatic carbocycles. The van der Waals surface area contributed by atoms with Crippen LogP contribution in [-0.2, 0) is 19.6 Å². The minimum atomic E-state index is -3.86. The van der Waals surface area contributed by atoms with Gasteiger partial charge in [-0.05, 0) is 68.1 Å². The number of rotatable bonds is 6. The second kappa shape index (κ2) is 8.57. The van der Waals surface area contributed by atoms with Crippen molar-refractivity contribution in [3.05, 3.63) is 53.1 Å². The van der Waals surface area contributed by atoms with E-state index in [1.165, 1.54) is 13.1 Å². The summed E-state index contributed by atoms with van der Waals surface area (Å²) in [4.78, 5) is 26.2. The average Bonchev–Trinajstić information content (AvgIpc) is 3.11. The zero-order valence-electron chi connectivity index (χ0n) is 17.7. The van der Waals surface area contributed by atoms with Crippen LogP contribution in [0.1, 0.15) is 29.5 Å². The first-order chi connectivity index (χ1) is 14.1. The van der Waals surface area contributed by atoms with Crippen LogP contribution in [0.25, 0.3) is 0 Å². The van der Waals surface area contributed by atoms with E-state index in [1.807, 2.05) is 26.0 Å². The zero-order chi connectivity index (χ0) is 22.1. The summed E-state index contributed by atoms with van der Waals surface area (Å²) in [7, 11) is -2.48. The molecule has 8 heteroatoms. The molecule has 2 aromatic rings. The third kappa shape index (κ3) is 4.39. The second-order valence-corrected chi connectivity index (χ2v) is 9.67. The van der Waals surface area contributed by atoms with Crippen molar-refractivity contribution in [3.63, 3.8) is 0 Å². The number of carbonyl (C=O) groups is 2. The topological polar surface area (TPSA) is 86.8 Å². The Morgan fingerprint density at radius 2 is 1.87 bits per heavy atom. The number of aryl methyl sites for hydroxylation is 2. The predicted octanol–water partition coefficient (Wildman–Crippen LogP) is 3.00. The molecule has 160 valence electrons. The highest BCUT2D eigenvalue weighted by Crippen LogP contribution is 2.27. The van der Waals surface area contributed by atoms with Crippen LogP contribution >= 0.6 is 0 Å². The number of nitrogens with zero attached hydrogens (tertiary/aromatic N) is 2. The highest BCUT2D eigenvalue weighted by Gasteiger charge is 2.27. The molecule has 3 rings (SSSR count). The molecule has 1 heterocycles. The first kappa shape index (κ1) is 22.0. The Hall–Kier alpha value is -2.71. The predicted molar refractivity (Wildman–Crippen MR) is 117 cm³/mol. The molecule has 2 aromatic carbocycles. The van der Waals surface area contributed by atoms with Gasteiger partial charge in [-0.1, -0.05) is 12.1 Å². The maximum Gasteiger partial charge on any atom is 0.243 e. The molecule has 0 aromatic heterocycles. The molecule has 0 unspecified atom stereocenters. The van der Waals surface area contributed by atoms with Gasteiger partial charge >= 0.3 is 0 Å². The van der Waals surface area contributed by atoms with E-state index in [9.17, 15) is 18.0 Å². The van der Waals surface area contributed by atoms with E-state index in [2.05, 4.69) is 5.32 Å². The number of amides is 2. The lowest BCUT2D eigenvalue weighted by Gasteiger charge is -2.21. The van der Waals surface area contributed by atoms with E-state index in [0.29, 0.717) is 29.9 Å². The summed E-state index contributed by atoms with van der Waals surface area (Å²) in [6, 6.07) is 10.4. The fraction of sp³-hybridized carbons (Fsp3) is 0.364. The second-order valence-electron chi connectivity index (χ2n) is 7.66. The number of hydrogen-bond acceptors (Lipinski definition) is 4. The van der Waals surface area contributed by atoms with Crippen molar-refractivity contribution in [2.75, 3.05) is 30.4 Å². The largest absolute Gasteiger partial charge is 0.325 e. The lowest BCUT2D eigenvalue weighted by atomic mass is 10.1. The number of hydrogen-bond donors (Lipinski definition) is 1. The molecule has 0 saturated carbocycles. The third-order valence-corrected chi connectivity index (χ3v) is 7.44. The standard InChI is InChI=1S/C22H27N3O4S/c1-15-7-5-8-19(17(15)3)23-21(26)14-24(4)30(28,29)20-11-10-18(13-16(20)2)25-12-6-9-22(25)27/h5,7-8,10-11,13H,6,9,12,14H2,1-4H3,(H,23,26). The SMILES string of the molecule is Cc1cc(N2CCCC2=O)ccc1S(=O)(=O)N(C)CC(=O)Nc1cccc(C)c1C. The molecule has 1 fully saturated rings. The Morgan fingerprint density at radius 3 is 2.50 bits per heavy atom. The first-order valence-electron chi connectivity index (χ1n) is 9.84. The molecular formula is C22H27N3O4S. The van der Waals surface area contributed by atoms with Crippen LogP contribution in [0.3, 0.4) is 0 Å². The van der Waals surface area contributed by atoms with Crippen LogP contribution in [-0.4, -0.2) is 44.7 Å². The quantitative estimate of drug-likeness (QED) is 0.765. The van der Waals surface area contributed by atoms with Gasteiger partial charge in [0, 0.05) is 31.4 Å². The fourth-order valence-corrected chi connectivity index (χ4v) is 4.87. The van der Waals surface area contributed by atoms with Crippen molar-refractivity contribution in [1.29, 1.82) is 0 Å². The number of carbonyl (C=O) groups excluding carboxylic acids is 2. The van der Waals surface area contributed by atoms with Gasteiger partial charge in [-0.2, -0.15) is 4.31 Å². The maximum absolute atomic E-state index is 13.0. The Kier molecular flexibility index (Phi) is 6.28. The van der Waals surface area contributed by atoms with E-state index >= 15 is 0 Å². The highest BCUT2D eigenvalue weighted by molar-refractivity contribution is 7.89. The lowest BCUT2D eigenvalue weighted by Crippen LogP contribution is -2.35. The summed E-state index contributed by atoms with van der Waals surface area (Å²) in [5.74, 6) is -0.364. The monoisotopic (exact) mass is 429 g/mol. The lowest BCUT2D eigenvalue weighted by molar-refractivity contribution is -0.117. The summed E-state index contributed by atoms with van der Waals surface area (Å²) in [6.45, 7) is 5.89. The molecule has 1 saturated heterocycles. The van der Waals surface area contributed by atoms with Gasteiger partial charge in [0.1, 0.15) is 0 Å². The third-order valence-electron chi connectivity index (χ3n) is 5.48. The molecule has 0 spiro atoms. The number of nitrogens with one attached hydrogen (secondary N) is 1. The number of benzene rings is 2. The Balaban J connectivity index is 1.75. The van der Waals surface area contributed by atoms with E-state index in [4.69, 9.17) is 0 Å². The van der Waals surface area contributed by atoms with Crippen molar-refractivity contribution in [2.45, 2.75) is 38.5 Å². The Bertz CT molecular complexity index is 1100. The highest BCUT2D eigenvalue weighted by atomic mass is 32.2. The van der Waals surface area contributed by atoms with Crippen LogP contribution in [0.4, 0.5) is 11.4 Å². The average molecular weight is 430 g/mol. The van der Waals surface area contributed by atoms with Crippen LogP contribution in [0.15, 0.2) is 41.3 Å². The van der Waals surface area contributed by atoms with E-state index in [0.717, 1.165) is 21.9 Å². The molecule has 30 heavy (non-hydrogen) atoms. The molecule has 0 radical (unpaired) electrons. The van der Waals surface area contributed by atoms with Crippen molar-refractivity contribution in [3.8, 4) is 0 Å². The summed E-state index contributed by atoms with van der Waals surface area (Å²) < 4.78 is 27.1. The molecule has 0 bridgehead atoms. The van der Waals surface area contributed by atoms with Crippen molar-refractivity contribution in [2.24, 2.45) is 0 Å². The van der Waals surface area contributed by atoms with Crippen LogP contribution in [0.5, 0.6) is 0 Å². The Morgan fingerprint density at radius 1 is 1.13 bits per heavy atom. The minimum absolute atomic E-state index is 0.0465. The van der Waals surface area contributed by atoms with Crippen molar-refractivity contribution >= 4 is 33.2 Å². The van der Waals surface area contributed by atoms with Gasteiger partial charge in [0.05, 0.1) is 11.4 Å². The molecule has 1 aliphatic rings. The van der Waals surface area contributed by atoms with E-state index < -0.39 is 15.9 Å². The van der Waals surface area contributed by atoms with Crippen molar-refractivity contribution < 1.29 is 18.0 Å². The van der Waals surface area contributed by atoms with E-state index in [1.54, 1.807) is 30.0 Å². The van der Waals surface area contributed by atoms with E-state index in [-0.39, 0.29) is 17.3 Å².